The predicted octanol–water partition coefficient (Wildman–Crippen LogP) is 2.89. The van der Waals surface area contributed by atoms with Gasteiger partial charge in [0.15, 0.2) is 0 Å². The fraction of sp³-hybridized carbons (Fsp3) is 0. The van der Waals surface area contributed by atoms with E-state index in [-0.39, 0.29) is 9.79 Å². The molecule has 5 heteroatoms. The number of benzene rings is 2. The van der Waals surface area contributed by atoms with E-state index in [1.165, 1.54) is 6.07 Å². The van der Waals surface area contributed by atoms with Gasteiger partial charge in [0.05, 0.1) is 0 Å². The van der Waals surface area contributed by atoms with Gasteiger partial charge in [0.2, 0.25) is 0 Å². The van der Waals surface area contributed by atoms with E-state index in [1.807, 2.05) is 6.07 Å². The molecule has 0 aromatic heterocycles. The van der Waals surface area contributed by atoms with Gasteiger partial charge in [0, 0.05) is 10.5 Å². The Hall–Kier alpha value is -1.30. The van der Waals surface area contributed by atoms with Gasteiger partial charge in [-0.25, -0.2) is 0 Å². The highest BCUT2D eigenvalue weighted by Crippen LogP contribution is 2.31. The van der Waals surface area contributed by atoms with Crippen molar-refractivity contribution in [1.82, 2.24) is 0 Å². The third kappa shape index (κ3) is 2.52. The standard InChI is InChI=1S/C12H10O3S2/c13-17(14,15)12-10(7-4-8-11(12)16)9-5-2-1-3-6-9/h1-8,16H,(H,13,14,15). The fourth-order valence-electron chi connectivity index (χ4n) is 1.64. The molecule has 17 heavy (non-hydrogen) atoms. The summed E-state index contributed by atoms with van der Waals surface area (Å²) in [6.07, 6.45) is 0. The van der Waals surface area contributed by atoms with Gasteiger partial charge in [0.1, 0.15) is 4.90 Å². The Morgan fingerprint density at radius 1 is 0.941 bits per heavy atom. The van der Waals surface area contributed by atoms with Crippen molar-refractivity contribution >= 4 is 22.7 Å². The van der Waals surface area contributed by atoms with E-state index in [0.717, 1.165) is 5.56 Å². The molecule has 88 valence electrons. The molecule has 0 saturated carbocycles. The van der Waals surface area contributed by atoms with Crippen molar-refractivity contribution in [2.45, 2.75) is 9.79 Å². The van der Waals surface area contributed by atoms with E-state index >= 15 is 0 Å². The quantitative estimate of drug-likeness (QED) is 0.649. The van der Waals surface area contributed by atoms with Gasteiger partial charge >= 0.3 is 0 Å². The SMILES string of the molecule is O=S(=O)(O)c1c(S)cccc1-c1ccccc1. The number of rotatable bonds is 2. The highest BCUT2D eigenvalue weighted by atomic mass is 32.2. The maximum Gasteiger partial charge on any atom is 0.296 e. The molecule has 0 spiro atoms. The topological polar surface area (TPSA) is 54.4 Å². The lowest BCUT2D eigenvalue weighted by atomic mass is 10.1. The van der Waals surface area contributed by atoms with Gasteiger partial charge in [-0.1, -0.05) is 42.5 Å². The van der Waals surface area contributed by atoms with Gasteiger partial charge in [-0.15, -0.1) is 12.6 Å². The second kappa shape index (κ2) is 4.52. The summed E-state index contributed by atoms with van der Waals surface area (Å²) in [7, 11) is -4.29. The molecule has 0 bridgehead atoms. The molecule has 0 fully saturated rings. The smallest absolute Gasteiger partial charge is 0.282 e. The van der Waals surface area contributed by atoms with Crippen LogP contribution in [0, 0.1) is 0 Å². The summed E-state index contributed by atoms with van der Waals surface area (Å²) in [6.45, 7) is 0. The molecule has 2 aromatic rings. The molecule has 2 rings (SSSR count). The molecule has 0 aliphatic rings. The van der Waals surface area contributed by atoms with Crippen LogP contribution in [0.25, 0.3) is 11.1 Å². The number of hydrogen-bond acceptors (Lipinski definition) is 3. The first kappa shape index (κ1) is 12.2. The summed E-state index contributed by atoms with van der Waals surface area (Å²) in [4.78, 5) is 0.0726. The van der Waals surface area contributed by atoms with E-state index in [0.29, 0.717) is 5.56 Å². The number of thiol groups is 1. The van der Waals surface area contributed by atoms with Crippen LogP contribution in [-0.2, 0) is 10.1 Å². The van der Waals surface area contributed by atoms with Gasteiger partial charge in [-0.05, 0) is 11.6 Å². The minimum absolute atomic E-state index is 0.158. The van der Waals surface area contributed by atoms with Crippen molar-refractivity contribution in [3.05, 3.63) is 48.5 Å². The molecule has 3 nitrogen and oxygen atoms in total. The van der Waals surface area contributed by atoms with Crippen molar-refractivity contribution in [3.63, 3.8) is 0 Å². The Morgan fingerprint density at radius 2 is 1.59 bits per heavy atom. The molecule has 0 unspecified atom stereocenters. The van der Waals surface area contributed by atoms with Crippen LogP contribution in [0.3, 0.4) is 0 Å². The zero-order valence-corrected chi connectivity index (χ0v) is 10.4. The lowest BCUT2D eigenvalue weighted by Crippen LogP contribution is -2.02. The average Bonchev–Trinajstić information content (AvgIpc) is 2.28. The maximum atomic E-state index is 11.4. The Bertz CT molecular complexity index is 634. The molecule has 0 heterocycles. The Morgan fingerprint density at radius 3 is 2.18 bits per heavy atom. The van der Waals surface area contributed by atoms with Crippen molar-refractivity contribution in [2.75, 3.05) is 0 Å². The summed E-state index contributed by atoms with van der Waals surface area (Å²) < 4.78 is 31.9. The lowest BCUT2D eigenvalue weighted by molar-refractivity contribution is 0.481. The van der Waals surface area contributed by atoms with Gasteiger partial charge in [-0.2, -0.15) is 8.42 Å². The fourth-order valence-corrected chi connectivity index (χ4v) is 2.99. The first-order valence-electron chi connectivity index (χ1n) is 4.85. The van der Waals surface area contributed by atoms with Gasteiger partial charge < -0.3 is 0 Å². The summed E-state index contributed by atoms with van der Waals surface area (Å²) >= 11 is 4.07. The van der Waals surface area contributed by atoms with E-state index in [1.54, 1.807) is 36.4 Å². The van der Waals surface area contributed by atoms with E-state index in [2.05, 4.69) is 12.6 Å². The number of hydrogen-bond donors (Lipinski definition) is 2. The molecule has 0 radical (unpaired) electrons. The third-order valence-electron chi connectivity index (χ3n) is 2.34. The Labute approximate surface area is 105 Å². The summed E-state index contributed by atoms with van der Waals surface area (Å²) in [5, 5.41) is 0. The molecular formula is C12H10O3S2. The second-order valence-corrected chi connectivity index (χ2v) is 5.34. The van der Waals surface area contributed by atoms with Crippen LogP contribution in [0.1, 0.15) is 0 Å². The molecule has 0 amide bonds. The molecule has 0 aliphatic carbocycles. The first-order valence-corrected chi connectivity index (χ1v) is 6.74. The highest BCUT2D eigenvalue weighted by molar-refractivity contribution is 7.87. The third-order valence-corrected chi connectivity index (χ3v) is 3.82. The summed E-state index contributed by atoms with van der Waals surface area (Å²) in [5.41, 5.74) is 1.16. The van der Waals surface area contributed by atoms with E-state index in [4.69, 9.17) is 0 Å². The molecule has 1 N–H and O–H groups in total. The Kier molecular flexibility index (Phi) is 3.24. The van der Waals surface area contributed by atoms with Crippen LogP contribution < -0.4 is 0 Å². The van der Waals surface area contributed by atoms with E-state index < -0.39 is 10.1 Å². The van der Waals surface area contributed by atoms with Gasteiger partial charge in [0.25, 0.3) is 10.1 Å². The predicted molar refractivity (Wildman–Crippen MR) is 68.9 cm³/mol. The summed E-state index contributed by atoms with van der Waals surface area (Å²) in [6, 6.07) is 13.8. The normalized spacial score (nSPS) is 11.4. The lowest BCUT2D eigenvalue weighted by Gasteiger charge is -2.09. The van der Waals surface area contributed by atoms with Crippen molar-refractivity contribution < 1.29 is 13.0 Å². The largest absolute Gasteiger partial charge is 0.296 e. The minimum atomic E-state index is -4.29. The second-order valence-electron chi connectivity index (χ2n) is 3.49. The van der Waals surface area contributed by atoms with E-state index in [9.17, 15) is 13.0 Å². The minimum Gasteiger partial charge on any atom is -0.282 e. The zero-order valence-electron chi connectivity index (χ0n) is 8.74. The van der Waals surface area contributed by atoms with Crippen LogP contribution in [0.15, 0.2) is 58.3 Å². The van der Waals surface area contributed by atoms with Crippen molar-refractivity contribution in [1.29, 1.82) is 0 Å². The molecular weight excluding hydrogens is 256 g/mol. The Balaban J connectivity index is 2.76. The van der Waals surface area contributed by atoms with Crippen LogP contribution in [0.5, 0.6) is 0 Å². The van der Waals surface area contributed by atoms with Crippen LogP contribution in [0.4, 0.5) is 0 Å². The first-order chi connectivity index (χ1) is 8.00. The van der Waals surface area contributed by atoms with Crippen LogP contribution in [0.2, 0.25) is 0 Å². The van der Waals surface area contributed by atoms with Crippen molar-refractivity contribution in [2.24, 2.45) is 0 Å². The molecule has 0 aliphatic heterocycles. The van der Waals surface area contributed by atoms with Crippen LogP contribution >= 0.6 is 12.6 Å². The molecule has 2 aromatic carbocycles. The van der Waals surface area contributed by atoms with Crippen LogP contribution in [-0.4, -0.2) is 13.0 Å². The molecule has 0 atom stereocenters. The summed E-state index contributed by atoms with van der Waals surface area (Å²) in [5.74, 6) is 0. The highest BCUT2D eigenvalue weighted by Gasteiger charge is 2.19. The maximum absolute atomic E-state index is 11.4. The van der Waals surface area contributed by atoms with Gasteiger partial charge in [-0.3, -0.25) is 4.55 Å². The van der Waals surface area contributed by atoms with Crippen molar-refractivity contribution in [3.8, 4) is 11.1 Å². The molecule has 0 saturated heterocycles. The monoisotopic (exact) mass is 266 g/mol. The zero-order chi connectivity index (χ0) is 12.5. The average molecular weight is 266 g/mol.